The number of halogens is 1. The van der Waals surface area contributed by atoms with E-state index in [-0.39, 0.29) is 11.7 Å². The predicted molar refractivity (Wildman–Crippen MR) is 68.4 cm³/mol. The molecule has 3 nitrogen and oxygen atoms in total. The van der Waals surface area contributed by atoms with Crippen LogP contribution in [-0.4, -0.2) is 5.91 Å². The number of amides is 1. The molecule has 0 saturated heterocycles. The Kier molecular flexibility index (Phi) is 4.43. The van der Waals surface area contributed by atoms with Crippen molar-refractivity contribution < 1.29 is 9.18 Å². The zero-order valence-electron chi connectivity index (χ0n) is 10.9. The van der Waals surface area contributed by atoms with Gasteiger partial charge < -0.3 is 5.32 Å². The first-order valence-corrected chi connectivity index (χ1v) is 5.98. The van der Waals surface area contributed by atoms with Crippen molar-refractivity contribution in [3.63, 3.8) is 0 Å². The highest BCUT2D eigenvalue weighted by Crippen LogP contribution is 2.28. The maximum Gasteiger partial charge on any atom is 0.244 e. The van der Waals surface area contributed by atoms with Crippen LogP contribution in [0.4, 0.5) is 10.1 Å². The van der Waals surface area contributed by atoms with Crippen molar-refractivity contribution in [2.75, 3.05) is 5.32 Å². The highest BCUT2D eigenvalue weighted by molar-refractivity contribution is 5.97. The van der Waals surface area contributed by atoms with Gasteiger partial charge in [-0.25, -0.2) is 4.39 Å². The second-order valence-corrected chi connectivity index (χ2v) is 4.27. The monoisotopic (exact) mass is 248 g/mol. The van der Waals surface area contributed by atoms with Crippen LogP contribution in [0.3, 0.4) is 0 Å². The molecule has 0 aliphatic carbocycles. The van der Waals surface area contributed by atoms with Gasteiger partial charge in [0.2, 0.25) is 5.91 Å². The zero-order chi connectivity index (χ0) is 13.8. The minimum Gasteiger partial charge on any atom is -0.324 e. The van der Waals surface area contributed by atoms with E-state index in [2.05, 4.69) is 11.4 Å². The molecule has 1 rings (SSSR count). The Morgan fingerprint density at radius 3 is 2.56 bits per heavy atom. The van der Waals surface area contributed by atoms with Gasteiger partial charge in [0.25, 0.3) is 0 Å². The van der Waals surface area contributed by atoms with Crippen molar-refractivity contribution in [1.29, 1.82) is 5.26 Å². The number of anilines is 1. The van der Waals surface area contributed by atoms with Crippen LogP contribution in [0.25, 0.3) is 0 Å². The maximum atomic E-state index is 13.4. The molecule has 0 bridgehead atoms. The molecule has 0 spiro atoms. The van der Waals surface area contributed by atoms with E-state index in [1.807, 2.05) is 0 Å². The first kappa shape index (κ1) is 14.2. The molecule has 0 radical (unpaired) electrons. The number of carbonyl (C=O) groups excluding carboxylic acids is 1. The van der Waals surface area contributed by atoms with Gasteiger partial charge in [-0.3, -0.25) is 4.79 Å². The second-order valence-electron chi connectivity index (χ2n) is 4.27. The molecule has 0 aliphatic rings. The molecule has 18 heavy (non-hydrogen) atoms. The van der Waals surface area contributed by atoms with Crippen molar-refractivity contribution in [3.8, 4) is 6.07 Å². The van der Waals surface area contributed by atoms with E-state index in [1.54, 1.807) is 26.8 Å². The number of benzene rings is 1. The zero-order valence-corrected chi connectivity index (χ0v) is 10.9. The van der Waals surface area contributed by atoms with E-state index < -0.39 is 5.41 Å². The molecule has 1 N–H and O–H groups in total. The van der Waals surface area contributed by atoms with Crippen molar-refractivity contribution in [2.45, 2.75) is 33.6 Å². The summed E-state index contributed by atoms with van der Waals surface area (Å²) >= 11 is 0. The summed E-state index contributed by atoms with van der Waals surface area (Å²) < 4.78 is 13.4. The molecular weight excluding hydrogens is 231 g/mol. The number of carbonyl (C=O) groups is 1. The number of nitrogens with zero attached hydrogens (tertiary/aromatic N) is 1. The lowest BCUT2D eigenvalue weighted by molar-refractivity contribution is -0.123. The molecule has 0 atom stereocenters. The lowest BCUT2D eigenvalue weighted by Crippen LogP contribution is -2.34. The minimum atomic E-state index is -1.04. The second kappa shape index (κ2) is 5.63. The van der Waals surface area contributed by atoms with Crippen molar-refractivity contribution in [3.05, 3.63) is 29.6 Å². The molecule has 0 heterocycles. The lowest BCUT2D eigenvalue weighted by Gasteiger charge is -2.22. The summed E-state index contributed by atoms with van der Waals surface area (Å²) in [4.78, 5) is 12.1. The maximum absolute atomic E-state index is 13.4. The standard InChI is InChI=1S/C14H17FN2O/c1-4-14(5-2,9-16)13(18)17-12-8-6-7-11(15)10(12)3/h6-8H,4-5H2,1-3H3,(H,17,18). The van der Waals surface area contributed by atoms with Crippen LogP contribution in [-0.2, 0) is 4.79 Å². The Morgan fingerprint density at radius 2 is 2.06 bits per heavy atom. The summed E-state index contributed by atoms with van der Waals surface area (Å²) in [5, 5.41) is 11.8. The predicted octanol–water partition coefficient (Wildman–Crippen LogP) is 3.40. The highest BCUT2D eigenvalue weighted by Gasteiger charge is 2.35. The number of nitriles is 1. The number of hydrogen-bond donors (Lipinski definition) is 1. The summed E-state index contributed by atoms with van der Waals surface area (Å²) in [6.07, 6.45) is 0.862. The average Bonchev–Trinajstić information content (AvgIpc) is 2.38. The van der Waals surface area contributed by atoms with Gasteiger partial charge in [0.1, 0.15) is 11.2 Å². The third kappa shape index (κ3) is 2.51. The summed E-state index contributed by atoms with van der Waals surface area (Å²) in [6.45, 7) is 5.19. The van der Waals surface area contributed by atoms with Gasteiger partial charge in [-0.15, -0.1) is 0 Å². The van der Waals surface area contributed by atoms with Crippen LogP contribution in [0, 0.1) is 29.5 Å². The molecule has 1 amide bonds. The summed E-state index contributed by atoms with van der Waals surface area (Å²) in [5.41, 5.74) is -0.245. The summed E-state index contributed by atoms with van der Waals surface area (Å²) in [7, 11) is 0. The number of rotatable bonds is 4. The van der Waals surface area contributed by atoms with Gasteiger partial charge in [0.15, 0.2) is 0 Å². The Balaban J connectivity index is 3.01. The van der Waals surface area contributed by atoms with E-state index in [4.69, 9.17) is 5.26 Å². The fourth-order valence-corrected chi connectivity index (χ4v) is 1.76. The number of nitrogens with one attached hydrogen (secondary N) is 1. The summed E-state index contributed by atoms with van der Waals surface area (Å²) in [5.74, 6) is -0.743. The topological polar surface area (TPSA) is 52.9 Å². The van der Waals surface area contributed by atoms with Gasteiger partial charge in [0.05, 0.1) is 6.07 Å². The molecule has 1 aromatic carbocycles. The normalized spacial score (nSPS) is 10.8. The summed E-state index contributed by atoms with van der Waals surface area (Å²) in [6, 6.07) is 6.56. The van der Waals surface area contributed by atoms with E-state index in [1.165, 1.54) is 12.1 Å². The smallest absolute Gasteiger partial charge is 0.244 e. The molecule has 1 aromatic rings. The first-order chi connectivity index (χ1) is 8.50. The molecule has 96 valence electrons. The van der Waals surface area contributed by atoms with Crippen LogP contribution in [0.2, 0.25) is 0 Å². The molecule has 0 saturated carbocycles. The first-order valence-electron chi connectivity index (χ1n) is 5.98. The Morgan fingerprint density at radius 1 is 1.44 bits per heavy atom. The van der Waals surface area contributed by atoms with E-state index >= 15 is 0 Å². The molecule has 0 aliphatic heterocycles. The molecule has 0 aromatic heterocycles. The average molecular weight is 248 g/mol. The molecule has 0 fully saturated rings. The van der Waals surface area contributed by atoms with Gasteiger partial charge >= 0.3 is 0 Å². The Hall–Kier alpha value is -1.89. The van der Waals surface area contributed by atoms with Gasteiger partial charge in [-0.2, -0.15) is 5.26 Å². The van der Waals surface area contributed by atoms with E-state index in [0.717, 1.165) is 0 Å². The SMILES string of the molecule is CCC(C#N)(CC)C(=O)Nc1cccc(F)c1C. The van der Waals surface area contributed by atoms with Crippen LogP contribution in [0.1, 0.15) is 32.3 Å². The van der Waals surface area contributed by atoms with E-state index in [9.17, 15) is 9.18 Å². The molecule has 0 unspecified atom stereocenters. The lowest BCUT2D eigenvalue weighted by atomic mass is 9.83. The fraction of sp³-hybridized carbons (Fsp3) is 0.429. The Bertz CT molecular complexity index is 487. The van der Waals surface area contributed by atoms with Gasteiger partial charge in [-0.05, 0) is 31.9 Å². The Labute approximate surface area is 107 Å². The van der Waals surface area contributed by atoms with Crippen molar-refractivity contribution in [2.24, 2.45) is 5.41 Å². The molecular formula is C14H17FN2O. The third-order valence-electron chi connectivity index (χ3n) is 3.37. The van der Waals surface area contributed by atoms with Gasteiger partial charge in [0, 0.05) is 11.3 Å². The van der Waals surface area contributed by atoms with Crippen LogP contribution >= 0.6 is 0 Å². The molecule has 4 heteroatoms. The van der Waals surface area contributed by atoms with Crippen molar-refractivity contribution >= 4 is 11.6 Å². The van der Waals surface area contributed by atoms with Crippen LogP contribution < -0.4 is 5.32 Å². The van der Waals surface area contributed by atoms with Gasteiger partial charge in [-0.1, -0.05) is 19.9 Å². The fourth-order valence-electron chi connectivity index (χ4n) is 1.76. The quantitative estimate of drug-likeness (QED) is 0.887. The van der Waals surface area contributed by atoms with Crippen LogP contribution in [0.5, 0.6) is 0 Å². The number of hydrogen-bond acceptors (Lipinski definition) is 2. The van der Waals surface area contributed by atoms with Crippen molar-refractivity contribution in [1.82, 2.24) is 0 Å². The van der Waals surface area contributed by atoms with Crippen LogP contribution in [0.15, 0.2) is 18.2 Å². The largest absolute Gasteiger partial charge is 0.324 e. The highest BCUT2D eigenvalue weighted by atomic mass is 19.1. The minimum absolute atomic E-state index is 0.372. The van der Waals surface area contributed by atoms with E-state index in [0.29, 0.717) is 24.1 Å². The third-order valence-corrected chi connectivity index (χ3v) is 3.37.